The number of hydrogen-bond acceptors (Lipinski definition) is 3. The fraction of sp³-hybridized carbons (Fsp3) is 0.188. The summed E-state index contributed by atoms with van der Waals surface area (Å²) >= 11 is 1.37. The van der Waals surface area contributed by atoms with E-state index < -0.39 is 0 Å². The molecule has 0 saturated carbocycles. The number of nitrogens with one attached hydrogen (secondary N) is 1. The lowest BCUT2D eigenvalue weighted by atomic mass is 10.2. The van der Waals surface area contributed by atoms with Crippen molar-refractivity contribution in [3.63, 3.8) is 0 Å². The third kappa shape index (κ3) is 5.21. The summed E-state index contributed by atoms with van der Waals surface area (Å²) in [6, 6.07) is 13.6. The van der Waals surface area contributed by atoms with E-state index in [1.54, 1.807) is 19.2 Å². The van der Waals surface area contributed by atoms with Gasteiger partial charge in [0.05, 0.1) is 12.4 Å². The summed E-state index contributed by atoms with van der Waals surface area (Å²) < 4.78 is 17.8. The number of thioether (sulfide) groups is 1. The standard InChI is InChI=1S/C16H16FNO2S/c1-20-10-12-3-2-4-14(9-12)18-16(19)11-21-15-7-5-13(17)6-8-15/h2-9H,10-11H2,1H3,(H,18,19). The van der Waals surface area contributed by atoms with Crippen LogP contribution in [0.4, 0.5) is 10.1 Å². The third-order valence-corrected chi connectivity index (χ3v) is 3.72. The molecule has 0 aromatic heterocycles. The Morgan fingerprint density at radius 3 is 2.71 bits per heavy atom. The Bertz CT molecular complexity index is 601. The third-order valence-electron chi connectivity index (χ3n) is 2.71. The molecule has 0 aliphatic carbocycles. The number of halogens is 1. The SMILES string of the molecule is COCc1cccc(NC(=O)CSc2ccc(F)cc2)c1. The minimum Gasteiger partial charge on any atom is -0.380 e. The largest absolute Gasteiger partial charge is 0.380 e. The zero-order valence-electron chi connectivity index (χ0n) is 11.6. The molecule has 0 unspecified atom stereocenters. The van der Waals surface area contributed by atoms with Gasteiger partial charge in [-0.1, -0.05) is 12.1 Å². The van der Waals surface area contributed by atoms with Gasteiger partial charge < -0.3 is 10.1 Å². The molecule has 0 bridgehead atoms. The van der Waals surface area contributed by atoms with E-state index in [4.69, 9.17) is 4.74 Å². The van der Waals surface area contributed by atoms with Gasteiger partial charge in [0.15, 0.2) is 0 Å². The van der Waals surface area contributed by atoms with Crippen LogP contribution in [0.1, 0.15) is 5.56 Å². The van der Waals surface area contributed by atoms with Gasteiger partial charge >= 0.3 is 0 Å². The zero-order chi connectivity index (χ0) is 15.1. The van der Waals surface area contributed by atoms with Crippen molar-refractivity contribution in [3.05, 3.63) is 59.9 Å². The van der Waals surface area contributed by atoms with Gasteiger partial charge in [0.25, 0.3) is 0 Å². The van der Waals surface area contributed by atoms with Crippen LogP contribution in [-0.4, -0.2) is 18.8 Å². The smallest absolute Gasteiger partial charge is 0.234 e. The number of benzene rings is 2. The second kappa shape index (κ2) is 7.81. The van der Waals surface area contributed by atoms with E-state index in [1.165, 1.54) is 23.9 Å². The lowest BCUT2D eigenvalue weighted by molar-refractivity contribution is -0.113. The van der Waals surface area contributed by atoms with Gasteiger partial charge in [-0.05, 0) is 42.0 Å². The van der Waals surface area contributed by atoms with E-state index in [9.17, 15) is 9.18 Å². The Hall–Kier alpha value is -1.85. The van der Waals surface area contributed by atoms with Crippen molar-refractivity contribution in [2.24, 2.45) is 0 Å². The summed E-state index contributed by atoms with van der Waals surface area (Å²) in [5.41, 5.74) is 1.75. The molecule has 0 atom stereocenters. The number of hydrogen-bond donors (Lipinski definition) is 1. The van der Waals surface area contributed by atoms with Crippen LogP contribution in [0.15, 0.2) is 53.4 Å². The minimum atomic E-state index is -0.279. The van der Waals surface area contributed by atoms with E-state index in [0.29, 0.717) is 6.61 Å². The first-order chi connectivity index (χ1) is 10.2. The monoisotopic (exact) mass is 305 g/mol. The summed E-state index contributed by atoms with van der Waals surface area (Å²) in [4.78, 5) is 12.7. The average molecular weight is 305 g/mol. The van der Waals surface area contributed by atoms with E-state index in [2.05, 4.69) is 5.32 Å². The van der Waals surface area contributed by atoms with Gasteiger partial charge in [-0.3, -0.25) is 4.79 Å². The number of ether oxygens (including phenoxy) is 1. The van der Waals surface area contributed by atoms with Crippen molar-refractivity contribution in [2.45, 2.75) is 11.5 Å². The number of carbonyl (C=O) groups excluding carboxylic acids is 1. The second-order valence-electron chi connectivity index (χ2n) is 4.42. The van der Waals surface area contributed by atoms with Crippen molar-refractivity contribution >= 4 is 23.4 Å². The summed E-state index contributed by atoms with van der Waals surface area (Å²) in [6.45, 7) is 0.508. The molecule has 21 heavy (non-hydrogen) atoms. The molecule has 0 heterocycles. The van der Waals surface area contributed by atoms with Crippen molar-refractivity contribution in [2.75, 3.05) is 18.2 Å². The van der Waals surface area contributed by atoms with Crippen LogP contribution in [0.25, 0.3) is 0 Å². The van der Waals surface area contributed by atoms with Gasteiger partial charge in [0.1, 0.15) is 5.82 Å². The highest BCUT2D eigenvalue weighted by Crippen LogP contribution is 2.19. The highest BCUT2D eigenvalue weighted by Gasteiger charge is 2.04. The maximum atomic E-state index is 12.8. The van der Waals surface area contributed by atoms with Gasteiger partial charge in [0.2, 0.25) is 5.91 Å². The first-order valence-electron chi connectivity index (χ1n) is 6.43. The number of anilines is 1. The molecule has 2 rings (SSSR count). The molecule has 0 aliphatic heterocycles. The molecule has 1 amide bonds. The molecule has 3 nitrogen and oxygen atoms in total. The lowest BCUT2D eigenvalue weighted by Gasteiger charge is -2.07. The molecule has 0 aliphatic rings. The van der Waals surface area contributed by atoms with E-state index in [-0.39, 0.29) is 17.5 Å². The fourth-order valence-corrected chi connectivity index (χ4v) is 2.48. The van der Waals surface area contributed by atoms with Crippen molar-refractivity contribution in [1.82, 2.24) is 0 Å². The molecule has 2 aromatic rings. The number of methoxy groups -OCH3 is 1. The molecule has 5 heteroatoms. The lowest BCUT2D eigenvalue weighted by Crippen LogP contribution is -2.14. The highest BCUT2D eigenvalue weighted by molar-refractivity contribution is 8.00. The van der Waals surface area contributed by atoms with Gasteiger partial charge in [-0.25, -0.2) is 4.39 Å². The van der Waals surface area contributed by atoms with Crippen LogP contribution in [0, 0.1) is 5.82 Å². The van der Waals surface area contributed by atoms with Crippen LogP contribution < -0.4 is 5.32 Å². The van der Waals surface area contributed by atoms with E-state index in [1.807, 2.05) is 24.3 Å². The maximum Gasteiger partial charge on any atom is 0.234 e. The Kier molecular flexibility index (Phi) is 5.78. The molecule has 1 N–H and O–H groups in total. The molecule has 2 aromatic carbocycles. The fourth-order valence-electron chi connectivity index (χ4n) is 1.78. The summed E-state index contributed by atoms with van der Waals surface area (Å²) in [5.74, 6) is -0.0993. The van der Waals surface area contributed by atoms with Crippen LogP contribution in [0.2, 0.25) is 0 Å². The predicted molar refractivity (Wildman–Crippen MR) is 82.9 cm³/mol. The average Bonchev–Trinajstić information content (AvgIpc) is 2.47. The van der Waals surface area contributed by atoms with Crippen LogP contribution in [-0.2, 0) is 16.1 Å². The number of amides is 1. The second-order valence-corrected chi connectivity index (χ2v) is 5.47. The summed E-state index contributed by atoms with van der Waals surface area (Å²) in [7, 11) is 1.63. The van der Waals surface area contributed by atoms with Crippen LogP contribution in [0.5, 0.6) is 0 Å². The Balaban J connectivity index is 1.86. The molecule has 0 fully saturated rings. The topological polar surface area (TPSA) is 38.3 Å². The Labute approximate surface area is 127 Å². The van der Waals surface area contributed by atoms with Crippen LogP contribution >= 0.6 is 11.8 Å². The van der Waals surface area contributed by atoms with Crippen LogP contribution in [0.3, 0.4) is 0 Å². The molecular formula is C16H16FNO2S. The van der Waals surface area contributed by atoms with E-state index >= 15 is 0 Å². The van der Waals surface area contributed by atoms with E-state index in [0.717, 1.165) is 16.1 Å². The number of carbonyl (C=O) groups is 1. The molecule has 110 valence electrons. The minimum absolute atomic E-state index is 0.0982. The first-order valence-corrected chi connectivity index (χ1v) is 7.42. The predicted octanol–water partition coefficient (Wildman–Crippen LogP) is 3.70. The Morgan fingerprint density at radius 2 is 2.00 bits per heavy atom. The normalized spacial score (nSPS) is 10.4. The zero-order valence-corrected chi connectivity index (χ0v) is 12.5. The quantitative estimate of drug-likeness (QED) is 0.827. The van der Waals surface area contributed by atoms with Crippen molar-refractivity contribution < 1.29 is 13.9 Å². The van der Waals surface area contributed by atoms with Gasteiger partial charge in [-0.2, -0.15) is 0 Å². The molecule has 0 radical (unpaired) electrons. The number of rotatable bonds is 6. The first kappa shape index (κ1) is 15.5. The van der Waals surface area contributed by atoms with Gasteiger partial charge in [0, 0.05) is 17.7 Å². The highest BCUT2D eigenvalue weighted by atomic mass is 32.2. The maximum absolute atomic E-state index is 12.8. The molecule has 0 spiro atoms. The summed E-state index contributed by atoms with van der Waals surface area (Å²) in [6.07, 6.45) is 0. The van der Waals surface area contributed by atoms with Gasteiger partial charge in [-0.15, -0.1) is 11.8 Å². The molecular weight excluding hydrogens is 289 g/mol. The summed E-state index contributed by atoms with van der Waals surface area (Å²) in [5, 5.41) is 2.83. The van der Waals surface area contributed by atoms with Crippen molar-refractivity contribution in [3.8, 4) is 0 Å². The Morgan fingerprint density at radius 1 is 1.24 bits per heavy atom. The molecule has 0 saturated heterocycles. The van der Waals surface area contributed by atoms with Crippen molar-refractivity contribution in [1.29, 1.82) is 0 Å².